The van der Waals surface area contributed by atoms with Crippen molar-refractivity contribution in [3.63, 3.8) is 0 Å². The minimum atomic E-state index is -0.539. The molecule has 1 heterocycles. The number of thioether (sulfide) groups is 1. The first-order valence-corrected chi connectivity index (χ1v) is 9.46. The fourth-order valence-corrected chi connectivity index (χ4v) is 3.30. The van der Waals surface area contributed by atoms with Gasteiger partial charge in [-0.3, -0.25) is 9.59 Å². The number of nitrogens with zero attached hydrogens (tertiary/aromatic N) is 2. The number of benzene rings is 2. The molecule has 0 aliphatic rings. The van der Waals surface area contributed by atoms with Gasteiger partial charge in [0.1, 0.15) is 0 Å². The van der Waals surface area contributed by atoms with E-state index in [2.05, 4.69) is 15.9 Å². The minimum absolute atomic E-state index is 0.159. The second-order valence-corrected chi connectivity index (χ2v) is 6.90. The molecular weight excluding hydrogens is 380 g/mol. The topological polar surface area (TPSA) is 111 Å². The van der Waals surface area contributed by atoms with Crippen molar-refractivity contribution in [3.05, 3.63) is 54.6 Å². The maximum absolute atomic E-state index is 12.1. The van der Waals surface area contributed by atoms with Crippen molar-refractivity contribution in [3.8, 4) is 11.6 Å². The van der Waals surface area contributed by atoms with Crippen LogP contribution in [0, 0.1) is 0 Å². The van der Waals surface area contributed by atoms with E-state index in [0.717, 1.165) is 0 Å². The Morgan fingerprint density at radius 3 is 2.36 bits per heavy atom. The van der Waals surface area contributed by atoms with Gasteiger partial charge in [0.25, 0.3) is 5.03 Å². The van der Waals surface area contributed by atoms with E-state index < -0.39 is 5.95 Å². The fraction of sp³-hybridized carbons (Fsp3) is 0.158. The SMILES string of the molecule is CC(=O)Nc1ccc(NC(=O)CCSc2c([O-])on[n+]2-c2ccccc2)cc1. The highest BCUT2D eigenvalue weighted by atomic mass is 32.2. The molecule has 0 aliphatic carbocycles. The molecule has 0 radical (unpaired) electrons. The molecule has 0 bridgehead atoms. The smallest absolute Gasteiger partial charge is 0.297 e. The number of hydrogen-bond donors (Lipinski definition) is 2. The summed E-state index contributed by atoms with van der Waals surface area (Å²) in [6.07, 6.45) is 0.206. The summed E-state index contributed by atoms with van der Waals surface area (Å²) in [5.41, 5.74) is 1.99. The largest absolute Gasteiger partial charge is 0.538 e. The van der Waals surface area contributed by atoms with Crippen LogP contribution in [0.2, 0.25) is 0 Å². The van der Waals surface area contributed by atoms with Crippen LogP contribution < -0.4 is 20.4 Å². The third-order valence-electron chi connectivity index (χ3n) is 3.63. The number of para-hydroxylation sites is 1. The maximum Gasteiger partial charge on any atom is 0.297 e. The molecule has 144 valence electrons. The van der Waals surface area contributed by atoms with Crippen LogP contribution in [0.3, 0.4) is 0 Å². The van der Waals surface area contributed by atoms with Crippen molar-refractivity contribution < 1.29 is 23.9 Å². The Bertz CT molecular complexity index is 958. The molecule has 0 saturated heterocycles. The van der Waals surface area contributed by atoms with Gasteiger partial charge in [-0.15, -0.1) is 0 Å². The molecule has 0 fully saturated rings. The van der Waals surface area contributed by atoms with Crippen molar-refractivity contribution in [1.29, 1.82) is 0 Å². The summed E-state index contributed by atoms with van der Waals surface area (Å²) in [4.78, 5) is 23.1. The van der Waals surface area contributed by atoms with Crippen molar-refractivity contribution in [1.82, 2.24) is 5.27 Å². The molecule has 0 unspecified atom stereocenters. The molecule has 8 nitrogen and oxygen atoms in total. The molecule has 9 heteroatoms. The minimum Gasteiger partial charge on any atom is -0.538 e. The molecular formula is C19H18N4O4S. The van der Waals surface area contributed by atoms with Crippen LogP contribution in [0.5, 0.6) is 5.95 Å². The second kappa shape index (κ2) is 9.05. The molecule has 3 rings (SSSR count). The molecule has 28 heavy (non-hydrogen) atoms. The first kappa shape index (κ1) is 19.4. The van der Waals surface area contributed by atoms with Crippen LogP contribution in [0.15, 0.2) is 64.1 Å². The van der Waals surface area contributed by atoms with E-state index in [4.69, 9.17) is 4.52 Å². The highest BCUT2D eigenvalue weighted by Gasteiger charge is 2.20. The van der Waals surface area contributed by atoms with Gasteiger partial charge in [-0.2, -0.15) is 0 Å². The second-order valence-electron chi connectivity index (χ2n) is 5.82. The lowest BCUT2D eigenvalue weighted by Gasteiger charge is -2.06. The first-order valence-electron chi connectivity index (χ1n) is 8.47. The molecule has 2 amide bonds. The standard InChI is InChI=1S/C19H17N4O4S/c1-13(24)20-14-7-9-15(10-8-14)21-17(25)11-12-28-18-19(26)27-22-23(18)16-5-3-2-4-6-16/h2-10,26H,11-12H2,1H3/q-1/p+1. The number of nitrogens with one attached hydrogen (secondary N) is 2. The number of hydrogen-bond acceptors (Lipinski definition) is 6. The van der Waals surface area contributed by atoms with Gasteiger partial charge < -0.3 is 20.3 Å². The third-order valence-corrected chi connectivity index (χ3v) is 4.65. The van der Waals surface area contributed by atoms with E-state index in [0.29, 0.717) is 27.8 Å². The number of aromatic nitrogens is 2. The average molecular weight is 398 g/mol. The summed E-state index contributed by atoms with van der Waals surface area (Å²) in [6.45, 7) is 1.43. The highest BCUT2D eigenvalue weighted by Crippen LogP contribution is 2.24. The van der Waals surface area contributed by atoms with Gasteiger partial charge in [-0.25, -0.2) is 0 Å². The molecule has 1 aromatic heterocycles. The van der Waals surface area contributed by atoms with Crippen molar-refractivity contribution in [2.75, 3.05) is 16.4 Å². The predicted octanol–water partition coefficient (Wildman–Crippen LogP) is 2.10. The molecule has 0 aliphatic heterocycles. The fourth-order valence-electron chi connectivity index (χ4n) is 2.40. The van der Waals surface area contributed by atoms with E-state index in [1.165, 1.54) is 23.4 Å². The number of anilines is 2. The molecule has 0 spiro atoms. The van der Waals surface area contributed by atoms with Crippen molar-refractivity contribution in [2.24, 2.45) is 0 Å². The van der Waals surface area contributed by atoms with Gasteiger partial charge >= 0.3 is 0 Å². The van der Waals surface area contributed by atoms with Crippen LogP contribution in [-0.2, 0) is 9.59 Å². The summed E-state index contributed by atoms with van der Waals surface area (Å²) < 4.78 is 6.17. The number of carbonyl (C=O) groups excluding carboxylic acids is 2. The van der Waals surface area contributed by atoms with E-state index in [9.17, 15) is 14.7 Å². The number of carbonyl (C=O) groups is 2. The summed E-state index contributed by atoms with van der Waals surface area (Å²) >= 11 is 1.21. The lowest BCUT2D eigenvalue weighted by Crippen LogP contribution is -2.34. The van der Waals surface area contributed by atoms with Gasteiger partial charge in [-0.1, -0.05) is 30.0 Å². The zero-order chi connectivity index (χ0) is 19.9. The van der Waals surface area contributed by atoms with Crippen LogP contribution in [0.4, 0.5) is 11.4 Å². The predicted molar refractivity (Wildman–Crippen MR) is 102 cm³/mol. The van der Waals surface area contributed by atoms with E-state index >= 15 is 0 Å². The van der Waals surface area contributed by atoms with Gasteiger partial charge in [0.05, 0.1) is 5.27 Å². The first-order chi connectivity index (χ1) is 13.5. The number of rotatable bonds is 7. The lowest BCUT2D eigenvalue weighted by molar-refractivity contribution is -0.705. The maximum atomic E-state index is 12.1. The summed E-state index contributed by atoms with van der Waals surface area (Å²) in [5, 5.41) is 21.4. The Balaban J connectivity index is 1.54. The number of amides is 2. The zero-order valence-electron chi connectivity index (χ0n) is 15.0. The Kier molecular flexibility index (Phi) is 6.28. The Labute approximate surface area is 165 Å². The van der Waals surface area contributed by atoms with Crippen molar-refractivity contribution in [2.45, 2.75) is 18.4 Å². The summed E-state index contributed by atoms with van der Waals surface area (Å²) in [6, 6.07) is 16.0. The third kappa shape index (κ3) is 5.10. The van der Waals surface area contributed by atoms with Crippen molar-refractivity contribution >= 4 is 35.0 Å². The summed E-state index contributed by atoms with van der Waals surface area (Å²) in [5.74, 6) is -0.496. The Morgan fingerprint density at radius 1 is 1.07 bits per heavy atom. The quantitative estimate of drug-likeness (QED) is 0.466. The Hall–Kier alpha value is -3.33. The van der Waals surface area contributed by atoms with E-state index in [-0.39, 0.29) is 18.2 Å². The van der Waals surface area contributed by atoms with Gasteiger partial charge in [-0.05, 0) is 28.9 Å². The summed E-state index contributed by atoms with van der Waals surface area (Å²) in [7, 11) is 0. The van der Waals surface area contributed by atoms with E-state index in [1.54, 1.807) is 24.3 Å². The molecule has 0 atom stereocenters. The molecule has 3 aromatic rings. The van der Waals surface area contributed by atoms with Gasteiger partial charge in [0.15, 0.2) is 5.95 Å². The lowest BCUT2D eigenvalue weighted by atomic mass is 10.2. The van der Waals surface area contributed by atoms with Gasteiger partial charge in [0, 0.05) is 42.6 Å². The van der Waals surface area contributed by atoms with Crippen LogP contribution in [0.25, 0.3) is 5.69 Å². The van der Waals surface area contributed by atoms with E-state index in [1.807, 2.05) is 30.3 Å². The van der Waals surface area contributed by atoms with Crippen LogP contribution >= 0.6 is 11.8 Å². The van der Waals surface area contributed by atoms with Crippen LogP contribution in [0.1, 0.15) is 13.3 Å². The van der Waals surface area contributed by atoms with Gasteiger partial charge in [0.2, 0.25) is 17.5 Å². The zero-order valence-corrected chi connectivity index (χ0v) is 15.9. The molecule has 0 saturated carbocycles. The van der Waals surface area contributed by atoms with Crippen LogP contribution in [-0.4, -0.2) is 22.8 Å². The monoisotopic (exact) mass is 398 g/mol. The average Bonchev–Trinajstić information content (AvgIpc) is 3.04. The highest BCUT2D eigenvalue weighted by molar-refractivity contribution is 7.99. The molecule has 2 N–H and O–H groups in total. The Morgan fingerprint density at radius 2 is 1.71 bits per heavy atom. The normalized spacial score (nSPS) is 10.5. The molecule has 2 aromatic carbocycles.